The molecule has 0 radical (unpaired) electrons. The maximum Gasteiger partial charge on any atom is 0.271 e. The molecule has 1 saturated heterocycles. The van der Waals surface area contributed by atoms with Gasteiger partial charge in [-0.05, 0) is 29.8 Å². The van der Waals surface area contributed by atoms with Crippen molar-refractivity contribution in [2.24, 2.45) is 0 Å². The van der Waals surface area contributed by atoms with E-state index in [1.54, 1.807) is 12.1 Å². The number of piperazine rings is 1. The van der Waals surface area contributed by atoms with Crippen LogP contribution in [0.4, 0.5) is 17.2 Å². The van der Waals surface area contributed by atoms with E-state index in [4.69, 9.17) is 4.74 Å². The number of hydrogen-bond acceptors (Lipinski definition) is 8. The largest absolute Gasteiger partial charge is 0.470 e. The zero-order valence-corrected chi connectivity index (χ0v) is 15.9. The number of hydrogen-bond donors (Lipinski definition) is 0. The summed E-state index contributed by atoms with van der Waals surface area (Å²) in [5.41, 5.74) is 2.14. The minimum absolute atomic E-state index is 0.0658. The van der Waals surface area contributed by atoms with E-state index in [2.05, 4.69) is 42.8 Å². The molecule has 9 heteroatoms. The van der Waals surface area contributed by atoms with Crippen LogP contribution in [0, 0.1) is 10.1 Å². The monoisotopic (exact) mass is 397 g/mol. The first-order chi connectivity index (χ1) is 13.7. The summed E-state index contributed by atoms with van der Waals surface area (Å²) >= 11 is 1.13. The van der Waals surface area contributed by atoms with Crippen LogP contribution in [0.3, 0.4) is 0 Å². The molecule has 0 unspecified atom stereocenters. The number of nitrogens with zero attached hydrogens (tertiary/aromatic N) is 5. The number of para-hydroxylation sites is 1. The van der Waals surface area contributed by atoms with Crippen LogP contribution in [-0.2, 0) is 6.61 Å². The molecule has 1 fully saturated rings. The summed E-state index contributed by atoms with van der Waals surface area (Å²) in [5, 5.41) is 10.7. The molecule has 0 saturated carbocycles. The molecule has 4 rings (SSSR count). The van der Waals surface area contributed by atoms with Gasteiger partial charge in [-0.3, -0.25) is 10.1 Å². The molecular weight excluding hydrogens is 378 g/mol. The van der Waals surface area contributed by atoms with Gasteiger partial charge in [-0.1, -0.05) is 18.2 Å². The van der Waals surface area contributed by atoms with Crippen LogP contribution >= 0.6 is 11.7 Å². The fraction of sp³-hybridized carbons (Fsp3) is 0.263. The van der Waals surface area contributed by atoms with E-state index in [0.717, 1.165) is 49.3 Å². The Kier molecular flexibility index (Phi) is 5.34. The lowest BCUT2D eigenvalue weighted by Gasteiger charge is -2.36. The SMILES string of the molecule is O=[N+]([O-])c1ccc(COc2nsnc2N2CCN(c3ccccc3)CC2)cc1. The molecule has 1 aliphatic heterocycles. The Morgan fingerprint density at radius 3 is 2.32 bits per heavy atom. The molecule has 1 aromatic heterocycles. The van der Waals surface area contributed by atoms with Crippen molar-refractivity contribution in [2.75, 3.05) is 36.0 Å². The highest BCUT2D eigenvalue weighted by Crippen LogP contribution is 2.28. The molecular formula is C19H19N5O3S. The molecule has 2 heterocycles. The van der Waals surface area contributed by atoms with Gasteiger partial charge in [-0.15, -0.1) is 4.37 Å². The quantitative estimate of drug-likeness (QED) is 0.466. The van der Waals surface area contributed by atoms with E-state index in [1.807, 2.05) is 6.07 Å². The van der Waals surface area contributed by atoms with Gasteiger partial charge < -0.3 is 14.5 Å². The Bertz CT molecular complexity index is 924. The van der Waals surface area contributed by atoms with Crippen LogP contribution in [0.5, 0.6) is 5.88 Å². The van der Waals surface area contributed by atoms with Crippen molar-refractivity contribution in [1.29, 1.82) is 0 Å². The van der Waals surface area contributed by atoms with Gasteiger partial charge >= 0.3 is 0 Å². The van der Waals surface area contributed by atoms with E-state index in [1.165, 1.54) is 17.8 Å². The van der Waals surface area contributed by atoms with E-state index in [-0.39, 0.29) is 5.69 Å². The third-order valence-electron chi connectivity index (χ3n) is 4.67. The van der Waals surface area contributed by atoms with Crippen molar-refractivity contribution in [2.45, 2.75) is 6.61 Å². The summed E-state index contributed by atoms with van der Waals surface area (Å²) in [6.07, 6.45) is 0. The van der Waals surface area contributed by atoms with Crippen LogP contribution in [0.1, 0.15) is 5.56 Å². The van der Waals surface area contributed by atoms with E-state index in [9.17, 15) is 10.1 Å². The normalized spacial score (nSPS) is 14.1. The summed E-state index contributed by atoms with van der Waals surface area (Å²) in [6, 6.07) is 16.7. The predicted molar refractivity (Wildman–Crippen MR) is 108 cm³/mol. The Hall–Kier alpha value is -3.20. The molecule has 0 bridgehead atoms. The Morgan fingerprint density at radius 1 is 0.964 bits per heavy atom. The minimum atomic E-state index is -0.415. The molecule has 1 aliphatic rings. The molecule has 2 aromatic carbocycles. The maximum atomic E-state index is 10.7. The lowest BCUT2D eigenvalue weighted by Crippen LogP contribution is -2.46. The molecule has 8 nitrogen and oxygen atoms in total. The maximum absolute atomic E-state index is 10.7. The zero-order valence-electron chi connectivity index (χ0n) is 15.1. The number of aromatic nitrogens is 2. The summed E-state index contributed by atoms with van der Waals surface area (Å²) in [5.74, 6) is 1.27. The number of ether oxygens (including phenoxy) is 1. The van der Waals surface area contributed by atoms with Gasteiger partial charge in [0.15, 0.2) is 0 Å². The van der Waals surface area contributed by atoms with Crippen LogP contribution < -0.4 is 14.5 Å². The highest BCUT2D eigenvalue weighted by Gasteiger charge is 2.23. The van der Waals surface area contributed by atoms with Gasteiger partial charge in [0.05, 0.1) is 16.7 Å². The molecule has 0 aliphatic carbocycles. The van der Waals surface area contributed by atoms with Crippen molar-refractivity contribution < 1.29 is 9.66 Å². The number of anilines is 2. The number of benzene rings is 2. The highest BCUT2D eigenvalue weighted by atomic mass is 32.1. The molecule has 0 spiro atoms. The number of nitro groups is 1. The average molecular weight is 397 g/mol. The fourth-order valence-electron chi connectivity index (χ4n) is 3.14. The number of nitro benzene ring substituents is 1. The molecule has 0 N–H and O–H groups in total. The summed E-state index contributed by atoms with van der Waals surface area (Å²) < 4.78 is 14.5. The van der Waals surface area contributed by atoms with Gasteiger partial charge in [0, 0.05) is 44.0 Å². The second-order valence-electron chi connectivity index (χ2n) is 6.41. The van der Waals surface area contributed by atoms with Crippen molar-refractivity contribution in [1.82, 2.24) is 8.75 Å². The smallest absolute Gasteiger partial charge is 0.271 e. The van der Waals surface area contributed by atoms with E-state index < -0.39 is 4.92 Å². The summed E-state index contributed by atoms with van der Waals surface area (Å²) in [7, 11) is 0. The van der Waals surface area contributed by atoms with Crippen LogP contribution in [0.2, 0.25) is 0 Å². The first-order valence-corrected chi connectivity index (χ1v) is 9.67. The van der Waals surface area contributed by atoms with Gasteiger partial charge in [0.1, 0.15) is 6.61 Å². The average Bonchev–Trinajstić information content (AvgIpc) is 3.22. The second-order valence-corrected chi connectivity index (χ2v) is 6.94. The highest BCUT2D eigenvalue weighted by molar-refractivity contribution is 6.99. The van der Waals surface area contributed by atoms with Crippen LogP contribution in [0.15, 0.2) is 54.6 Å². The van der Waals surface area contributed by atoms with Crippen molar-refractivity contribution in [3.05, 3.63) is 70.3 Å². The lowest BCUT2D eigenvalue weighted by atomic mass is 10.2. The van der Waals surface area contributed by atoms with Crippen LogP contribution in [-0.4, -0.2) is 39.8 Å². The Balaban J connectivity index is 1.36. The molecule has 0 amide bonds. The predicted octanol–water partition coefficient (Wildman–Crippen LogP) is 3.35. The van der Waals surface area contributed by atoms with Crippen molar-refractivity contribution in [3.8, 4) is 5.88 Å². The number of rotatable bonds is 6. The van der Waals surface area contributed by atoms with Gasteiger partial charge in [-0.2, -0.15) is 4.37 Å². The van der Waals surface area contributed by atoms with E-state index in [0.29, 0.717) is 12.5 Å². The fourth-order valence-corrected chi connectivity index (χ4v) is 3.66. The van der Waals surface area contributed by atoms with Gasteiger partial charge in [0.25, 0.3) is 11.6 Å². The standard InChI is InChI=1S/C19H19N5O3S/c25-24(26)17-8-6-15(7-9-17)14-27-19-18(20-28-21-19)23-12-10-22(11-13-23)16-4-2-1-3-5-16/h1-9H,10-14H2. The summed E-state index contributed by atoms with van der Waals surface area (Å²) in [6.45, 7) is 3.79. The Morgan fingerprint density at radius 2 is 1.64 bits per heavy atom. The van der Waals surface area contributed by atoms with Crippen molar-refractivity contribution in [3.63, 3.8) is 0 Å². The van der Waals surface area contributed by atoms with Crippen LogP contribution in [0.25, 0.3) is 0 Å². The van der Waals surface area contributed by atoms with Gasteiger partial charge in [-0.25, -0.2) is 0 Å². The van der Waals surface area contributed by atoms with Gasteiger partial charge in [0.2, 0.25) is 5.82 Å². The Labute approximate surface area is 166 Å². The third-order valence-corrected chi connectivity index (χ3v) is 5.17. The molecule has 28 heavy (non-hydrogen) atoms. The summed E-state index contributed by atoms with van der Waals surface area (Å²) in [4.78, 5) is 14.9. The second kappa shape index (κ2) is 8.22. The first kappa shape index (κ1) is 18.2. The molecule has 144 valence electrons. The molecule has 3 aromatic rings. The number of non-ortho nitro benzene ring substituents is 1. The first-order valence-electron chi connectivity index (χ1n) is 8.94. The zero-order chi connectivity index (χ0) is 19.3. The molecule has 0 atom stereocenters. The topological polar surface area (TPSA) is 84.6 Å². The van der Waals surface area contributed by atoms with E-state index >= 15 is 0 Å². The van der Waals surface area contributed by atoms with Crippen molar-refractivity contribution >= 4 is 28.9 Å². The minimum Gasteiger partial charge on any atom is -0.470 e. The third kappa shape index (κ3) is 4.04. The lowest BCUT2D eigenvalue weighted by molar-refractivity contribution is -0.384.